The molecule has 0 aromatic heterocycles. The van der Waals surface area contributed by atoms with Crippen molar-refractivity contribution in [2.24, 2.45) is 11.7 Å². The number of rotatable bonds is 4. The number of carbonyl (C=O) groups excluding carboxylic acids is 1. The molecule has 0 saturated heterocycles. The second-order valence-corrected chi connectivity index (χ2v) is 5.69. The van der Waals surface area contributed by atoms with Crippen LogP contribution in [0.5, 0.6) is 0 Å². The van der Waals surface area contributed by atoms with Gasteiger partial charge < -0.3 is 10.6 Å². The molecule has 1 aliphatic carbocycles. The van der Waals surface area contributed by atoms with Crippen molar-refractivity contribution in [1.29, 1.82) is 0 Å². The van der Waals surface area contributed by atoms with Crippen LogP contribution in [0.3, 0.4) is 0 Å². The van der Waals surface area contributed by atoms with Gasteiger partial charge in [-0.05, 0) is 30.4 Å². The summed E-state index contributed by atoms with van der Waals surface area (Å²) in [6.45, 7) is 1.97. The molecule has 1 amide bonds. The maximum Gasteiger partial charge on any atom is 0.225 e. The standard InChI is InChI=1S/C15H22N2O/c1-11(14(18)17(2)3)10-12-4-6-13(7-5-12)15(16)8-9-15/h4-7,11H,8-10,16H2,1-3H3. The highest BCUT2D eigenvalue weighted by Gasteiger charge is 2.39. The van der Waals surface area contributed by atoms with Gasteiger partial charge in [-0.3, -0.25) is 4.79 Å². The van der Waals surface area contributed by atoms with E-state index < -0.39 is 0 Å². The lowest BCUT2D eigenvalue weighted by atomic mass is 9.97. The van der Waals surface area contributed by atoms with Gasteiger partial charge in [-0.1, -0.05) is 31.2 Å². The second-order valence-electron chi connectivity index (χ2n) is 5.69. The van der Waals surface area contributed by atoms with Crippen molar-refractivity contribution in [3.05, 3.63) is 35.4 Å². The first-order valence-electron chi connectivity index (χ1n) is 6.52. The van der Waals surface area contributed by atoms with Crippen LogP contribution >= 0.6 is 0 Å². The lowest BCUT2D eigenvalue weighted by Crippen LogP contribution is -2.29. The third-order valence-corrected chi connectivity index (χ3v) is 3.72. The third kappa shape index (κ3) is 2.72. The average Bonchev–Trinajstić information content (AvgIpc) is 3.08. The van der Waals surface area contributed by atoms with Crippen molar-refractivity contribution in [2.45, 2.75) is 31.7 Å². The minimum absolute atomic E-state index is 0.0265. The summed E-state index contributed by atoms with van der Waals surface area (Å²) in [6.07, 6.45) is 2.96. The van der Waals surface area contributed by atoms with Gasteiger partial charge in [0.2, 0.25) is 5.91 Å². The normalized spacial score (nSPS) is 18.2. The summed E-state index contributed by atoms with van der Waals surface area (Å²) in [4.78, 5) is 13.4. The first-order valence-corrected chi connectivity index (χ1v) is 6.52. The molecule has 0 aliphatic heterocycles. The van der Waals surface area contributed by atoms with E-state index in [1.165, 1.54) is 11.1 Å². The maximum absolute atomic E-state index is 11.8. The van der Waals surface area contributed by atoms with Crippen molar-refractivity contribution in [3.63, 3.8) is 0 Å². The van der Waals surface area contributed by atoms with E-state index in [0.717, 1.165) is 19.3 Å². The van der Waals surface area contributed by atoms with Gasteiger partial charge in [-0.15, -0.1) is 0 Å². The van der Waals surface area contributed by atoms with Gasteiger partial charge in [-0.2, -0.15) is 0 Å². The Bertz CT molecular complexity index is 432. The number of amides is 1. The maximum atomic E-state index is 11.8. The predicted octanol–water partition coefficient (Wildman–Crippen LogP) is 1.90. The smallest absolute Gasteiger partial charge is 0.225 e. The first-order chi connectivity index (χ1) is 8.42. The summed E-state index contributed by atoms with van der Waals surface area (Å²) in [5, 5.41) is 0. The number of nitrogens with two attached hydrogens (primary N) is 1. The van der Waals surface area contributed by atoms with Crippen molar-refractivity contribution >= 4 is 5.91 Å². The van der Waals surface area contributed by atoms with Crippen molar-refractivity contribution < 1.29 is 4.79 Å². The van der Waals surface area contributed by atoms with Crippen LogP contribution in [0.25, 0.3) is 0 Å². The topological polar surface area (TPSA) is 46.3 Å². The van der Waals surface area contributed by atoms with Crippen LogP contribution < -0.4 is 5.73 Å². The molecule has 3 heteroatoms. The number of carbonyl (C=O) groups is 1. The highest BCUT2D eigenvalue weighted by atomic mass is 16.2. The lowest BCUT2D eigenvalue weighted by molar-refractivity contribution is -0.132. The van der Waals surface area contributed by atoms with Gasteiger partial charge in [0.05, 0.1) is 0 Å². The van der Waals surface area contributed by atoms with Crippen LogP contribution in [0.1, 0.15) is 30.9 Å². The molecular formula is C15H22N2O. The molecule has 98 valence electrons. The Hall–Kier alpha value is -1.35. The summed E-state index contributed by atoms with van der Waals surface area (Å²) in [5.74, 6) is 0.204. The highest BCUT2D eigenvalue weighted by molar-refractivity contribution is 5.78. The Morgan fingerprint density at radius 1 is 1.33 bits per heavy atom. The van der Waals surface area contributed by atoms with Gasteiger partial charge in [0.1, 0.15) is 0 Å². The van der Waals surface area contributed by atoms with Crippen LogP contribution in [-0.4, -0.2) is 24.9 Å². The molecule has 1 unspecified atom stereocenters. The molecule has 0 spiro atoms. The second kappa shape index (κ2) is 4.73. The molecule has 1 atom stereocenters. The van der Waals surface area contributed by atoms with Crippen LogP contribution in [0.4, 0.5) is 0 Å². The molecular weight excluding hydrogens is 224 g/mol. The Labute approximate surface area is 109 Å². The van der Waals surface area contributed by atoms with Gasteiger partial charge >= 0.3 is 0 Å². The van der Waals surface area contributed by atoms with E-state index in [1.54, 1.807) is 19.0 Å². The summed E-state index contributed by atoms with van der Waals surface area (Å²) < 4.78 is 0. The van der Waals surface area contributed by atoms with E-state index in [4.69, 9.17) is 5.73 Å². The molecule has 1 aromatic rings. The molecule has 3 nitrogen and oxygen atoms in total. The zero-order valence-electron chi connectivity index (χ0n) is 11.4. The van der Waals surface area contributed by atoms with E-state index in [0.29, 0.717) is 0 Å². The largest absolute Gasteiger partial charge is 0.349 e. The SMILES string of the molecule is CC(Cc1ccc(C2(N)CC2)cc1)C(=O)N(C)C. The molecule has 1 aliphatic rings. The Balaban J connectivity index is 2.00. The van der Waals surface area contributed by atoms with Crippen LogP contribution in [0.2, 0.25) is 0 Å². The lowest BCUT2D eigenvalue weighted by Gasteiger charge is -2.17. The van der Waals surface area contributed by atoms with E-state index >= 15 is 0 Å². The number of hydrogen-bond acceptors (Lipinski definition) is 2. The Kier molecular flexibility index (Phi) is 3.44. The highest BCUT2D eigenvalue weighted by Crippen LogP contribution is 2.42. The number of nitrogens with zero attached hydrogens (tertiary/aromatic N) is 1. The van der Waals surface area contributed by atoms with Gasteiger partial charge in [0.15, 0.2) is 0 Å². The zero-order chi connectivity index (χ0) is 13.3. The van der Waals surface area contributed by atoms with Crippen LogP contribution in [0.15, 0.2) is 24.3 Å². The summed E-state index contributed by atoms with van der Waals surface area (Å²) >= 11 is 0. The number of benzene rings is 1. The fourth-order valence-electron chi connectivity index (χ4n) is 2.28. The molecule has 0 heterocycles. The summed E-state index contributed by atoms with van der Waals surface area (Å²) in [5.41, 5.74) is 8.50. The summed E-state index contributed by atoms with van der Waals surface area (Å²) in [7, 11) is 3.60. The van der Waals surface area contributed by atoms with E-state index in [-0.39, 0.29) is 17.4 Å². The third-order valence-electron chi connectivity index (χ3n) is 3.72. The van der Waals surface area contributed by atoms with Gasteiger partial charge in [0.25, 0.3) is 0 Å². The fraction of sp³-hybridized carbons (Fsp3) is 0.533. The fourth-order valence-corrected chi connectivity index (χ4v) is 2.28. The Morgan fingerprint density at radius 2 is 1.89 bits per heavy atom. The molecule has 2 N–H and O–H groups in total. The van der Waals surface area contributed by atoms with Crippen molar-refractivity contribution in [1.82, 2.24) is 4.90 Å². The minimum Gasteiger partial charge on any atom is -0.349 e. The molecule has 0 radical (unpaired) electrons. The molecule has 0 bridgehead atoms. The van der Waals surface area contributed by atoms with Crippen LogP contribution in [0, 0.1) is 5.92 Å². The summed E-state index contributed by atoms with van der Waals surface area (Å²) in [6, 6.07) is 8.41. The van der Waals surface area contributed by atoms with E-state index in [1.807, 2.05) is 6.92 Å². The number of hydrogen-bond donors (Lipinski definition) is 1. The zero-order valence-corrected chi connectivity index (χ0v) is 11.4. The van der Waals surface area contributed by atoms with Crippen molar-refractivity contribution in [3.8, 4) is 0 Å². The minimum atomic E-state index is -0.0659. The van der Waals surface area contributed by atoms with E-state index in [9.17, 15) is 4.79 Å². The molecule has 18 heavy (non-hydrogen) atoms. The molecule has 1 saturated carbocycles. The molecule has 1 fully saturated rings. The van der Waals surface area contributed by atoms with Gasteiger partial charge in [-0.25, -0.2) is 0 Å². The first kappa shape index (κ1) is 13.1. The molecule has 1 aromatic carbocycles. The van der Waals surface area contributed by atoms with Gasteiger partial charge in [0, 0.05) is 25.6 Å². The monoisotopic (exact) mass is 246 g/mol. The Morgan fingerprint density at radius 3 is 2.33 bits per heavy atom. The van der Waals surface area contributed by atoms with Crippen molar-refractivity contribution in [2.75, 3.05) is 14.1 Å². The quantitative estimate of drug-likeness (QED) is 0.882. The average molecular weight is 246 g/mol. The molecule has 2 rings (SSSR count). The van der Waals surface area contributed by atoms with Crippen LogP contribution in [-0.2, 0) is 16.8 Å². The van der Waals surface area contributed by atoms with E-state index in [2.05, 4.69) is 24.3 Å². The predicted molar refractivity (Wildman–Crippen MR) is 73.1 cm³/mol.